The Kier molecular flexibility index (Phi) is 10.4. The van der Waals surface area contributed by atoms with Crippen molar-refractivity contribution in [2.45, 2.75) is 26.2 Å². The van der Waals surface area contributed by atoms with Crippen molar-refractivity contribution in [2.75, 3.05) is 13.2 Å². The SMILES string of the molecule is CCOC(=O)C1=C(c2ccc(-n3ccnc3)cc2)NC(C)=C(C(=O)OCC#Cc2cccnc2)C1CC(c1ccccc1)c1ccccc1. The maximum absolute atomic E-state index is 14.1. The Bertz CT molecular complexity index is 1970. The average molecular weight is 649 g/mol. The third kappa shape index (κ3) is 7.69. The summed E-state index contributed by atoms with van der Waals surface area (Å²) in [5.41, 5.74) is 6.46. The molecule has 1 N–H and O–H groups in total. The maximum atomic E-state index is 14.1. The number of rotatable bonds is 10. The summed E-state index contributed by atoms with van der Waals surface area (Å²) >= 11 is 0. The Balaban J connectivity index is 1.44. The van der Waals surface area contributed by atoms with Crippen molar-refractivity contribution < 1.29 is 19.1 Å². The summed E-state index contributed by atoms with van der Waals surface area (Å²) in [6.07, 6.45) is 9.04. The van der Waals surface area contributed by atoms with Gasteiger partial charge in [-0.2, -0.15) is 0 Å². The highest BCUT2D eigenvalue weighted by Gasteiger charge is 2.40. The Labute approximate surface area is 286 Å². The van der Waals surface area contributed by atoms with Gasteiger partial charge in [-0.15, -0.1) is 0 Å². The van der Waals surface area contributed by atoms with E-state index in [1.54, 1.807) is 37.9 Å². The summed E-state index contributed by atoms with van der Waals surface area (Å²) in [5.74, 6) is 4.02. The number of allylic oxidation sites excluding steroid dienone is 1. The number of ether oxygens (including phenoxy) is 2. The van der Waals surface area contributed by atoms with Crippen molar-refractivity contribution in [3.05, 3.63) is 167 Å². The number of hydrogen-bond donors (Lipinski definition) is 1. The van der Waals surface area contributed by atoms with Crippen LogP contribution in [-0.4, -0.2) is 39.7 Å². The van der Waals surface area contributed by atoms with Crippen molar-refractivity contribution >= 4 is 17.6 Å². The first-order chi connectivity index (χ1) is 24.0. The molecule has 1 unspecified atom stereocenters. The van der Waals surface area contributed by atoms with Crippen molar-refractivity contribution in [2.24, 2.45) is 5.92 Å². The lowest BCUT2D eigenvalue weighted by molar-refractivity contribution is -0.139. The standard InChI is InChI=1S/C41H36N4O4/c1-3-48-41(47)38-36(26-35(31-14-6-4-7-15-31)32-16-8-5-9-17-32)37(40(46)49-25-11-13-30-12-10-22-42-27-30)29(2)44-39(38)33-18-20-34(21-19-33)45-24-23-43-28-45/h4-10,12,14-24,27-28,35-36,44H,3,25-26H2,1-2H3. The van der Waals surface area contributed by atoms with Crippen molar-refractivity contribution in [1.29, 1.82) is 0 Å². The number of nitrogens with zero attached hydrogens (tertiary/aromatic N) is 3. The second-order valence-electron chi connectivity index (χ2n) is 11.5. The quantitative estimate of drug-likeness (QED) is 0.131. The maximum Gasteiger partial charge on any atom is 0.337 e. The smallest absolute Gasteiger partial charge is 0.337 e. The van der Waals surface area contributed by atoms with Gasteiger partial charge in [-0.3, -0.25) is 4.98 Å². The predicted molar refractivity (Wildman–Crippen MR) is 188 cm³/mol. The second-order valence-corrected chi connectivity index (χ2v) is 11.5. The van der Waals surface area contributed by atoms with Crippen LogP contribution >= 0.6 is 0 Å². The first-order valence-corrected chi connectivity index (χ1v) is 16.2. The molecule has 0 saturated carbocycles. The molecule has 3 aromatic carbocycles. The van der Waals surface area contributed by atoms with Crippen LogP contribution in [0.1, 0.15) is 48.4 Å². The first-order valence-electron chi connectivity index (χ1n) is 16.2. The molecule has 244 valence electrons. The van der Waals surface area contributed by atoms with E-state index in [2.05, 4.69) is 51.4 Å². The largest absolute Gasteiger partial charge is 0.463 e. The molecular weight excluding hydrogens is 612 g/mol. The Morgan fingerprint density at radius 3 is 2.14 bits per heavy atom. The highest BCUT2D eigenvalue weighted by atomic mass is 16.5. The lowest BCUT2D eigenvalue weighted by Crippen LogP contribution is -2.34. The molecule has 0 amide bonds. The summed E-state index contributed by atoms with van der Waals surface area (Å²) in [5, 5.41) is 3.40. The summed E-state index contributed by atoms with van der Waals surface area (Å²) in [6, 6.07) is 31.7. The lowest BCUT2D eigenvalue weighted by atomic mass is 9.75. The van der Waals surface area contributed by atoms with Crippen LogP contribution in [0.2, 0.25) is 0 Å². The molecule has 2 aromatic heterocycles. The molecule has 0 spiro atoms. The number of benzene rings is 3. The number of carbonyl (C=O) groups is 2. The Morgan fingerprint density at radius 2 is 1.53 bits per heavy atom. The van der Waals surface area contributed by atoms with Gasteiger partial charge in [-0.1, -0.05) is 84.6 Å². The number of esters is 2. The molecular formula is C41H36N4O4. The number of aromatic nitrogens is 3. The minimum absolute atomic E-state index is 0.126. The van der Waals surface area contributed by atoms with Gasteiger partial charge in [0.05, 0.1) is 29.8 Å². The van der Waals surface area contributed by atoms with Crippen LogP contribution in [0.15, 0.2) is 145 Å². The van der Waals surface area contributed by atoms with Gasteiger partial charge in [0.15, 0.2) is 6.61 Å². The van der Waals surface area contributed by atoms with E-state index < -0.39 is 17.9 Å². The molecule has 49 heavy (non-hydrogen) atoms. The molecule has 0 radical (unpaired) electrons. The van der Waals surface area contributed by atoms with Gasteiger partial charge in [-0.25, -0.2) is 14.6 Å². The van der Waals surface area contributed by atoms with Gasteiger partial charge in [0, 0.05) is 53.6 Å². The van der Waals surface area contributed by atoms with E-state index in [-0.39, 0.29) is 19.1 Å². The van der Waals surface area contributed by atoms with Crippen LogP contribution < -0.4 is 5.32 Å². The lowest BCUT2D eigenvalue weighted by Gasteiger charge is -2.33. The van der Waals surface area contributed by atoms with Crippen molar-refractivity contribution in [1.82, 2.24) is 19.9 Å². The molecule has 3 heterocycles. The molecule has 8 heteroatoms. The number of dihydropyridines is 1. The number of imidazole rings is 1. The van der Waals surface area contributed by atoms with Crippen LogP contribution in [0.25, 0.3) is 11.4 Å². The number of hydrogen-bond acceptors (Lipinski definition) is 7. The fraction of sp³-hybridized carbons (Fsp3) is 0.171. The van der Waals surface area contributed by atoms with E-state index in [1.807, 2.05) is 84.4 Å². The van der Waals surface area contributed by atoms with Crippen molar-refractivity contribution in [3.8, 4) is 17.5 Å². The van der Waals surface area contributed by atoms with E-state index in [9.17, 15) is 9.59 Å². The van der Waals surface area contributed by atoms with Gasteiger partial charge >= 0.3 is 11.9 Å². The van der Waals surface area contributed by atoms with Gasteiger partial charge < -0.3 is 19.4 Å². The first kappa shape index (κ1) is 32.7. The topological polar surface area (TPSA) is 95.3 Å². The second kappa shape index (κ2) is 15.6. The average Bonchev–Trinajstić information content (AvgIpc) is 3.69. The van der Waals surface area contributed by atoms with Crippen molar-refractivity contribution in [3.63, 3.8) is 0 Å². The summed E-state index contributed by atoms with van der Waals surface area (Å²) in [4.78, 5) is 36.3. The molecule has 5 aromatic rings. The van der Waals surface area contributed by atoms with E-state index in [0.717, 1.165) is 27.9 Å². The Morgan fingerprint density at radius 1 is 0.837 bits per heavy atom. The van der Waals surface area contributed by atoms with Gasteiger partial charge in [0.1, 0.15) is 0 Å². The number of nitrogens with one attached hydrogen (secondary N) is 1. The van der Waals surface area contributed by atoms with E-state index >= 15 is 0 Å². The predicted octanol–water partition coefficient (Wildman–Crippen LogP) is 6.85. The zero-order chi connectivity index (χ0) is 34.0. The van der Waals surface area contributed by atoms with Crippen LogP contribution in [0, 0.1) is 17.8 Å². The normalized spacial score (nSPS) is 14.1. The van der Waals surface area contributed by atoms with Gasteiger partial charge in [0.25, 0.3) is 0 Å². The molecule has 0 aliphatic carbocycles. The minimum Gasteiger partial charge on any atom is -0.463 e. The fourth-order valence-corrected chi connectivity index (χ4v) is 6.15. The molecule has 0 fully saturated rings. The summed E-state index contributed by atoms with van der Waals surface area (Å²) in [7, 11) is 0. The van der Waals surface area contributed by atoms with Crippen LogP contribution in [-0.2, 0) is 19.1 Å². The zero-order valence-electron chi connectivity index (χ0n) is 27.4. The van der Waals surface area contributed by atoms with Crippen LogP contribution in [0.3, 0.4) is 0 Å². The van der Waals surface area contributed by atoms with E-state index in [0.29, 0.717) is 29.0 Å². The molecule has 0 saturated heterocycles. The van der Waals surface area contributed by atoms with Gasteiger partial charge in [0.2, 0.25) is 0 Å². The molecule has 0 bridgehead atoms. The zero-order valence-corrected chi connectivity index (χ0v) is 27.4. The highest BCUT2D eigenvalue weighted by Crippen LogP contribution is 2.43. The molecule has 1 aliphatic heterocycles. The monoisotopic (exact) mass is 648 g/mol. The van der Waals surface area contributed by atoms with E-state index in [1.165, 1.54) is 0 Å². The molecule has 1 aliphatic rings. The minimum atomic E-state index is -0.673. The highest BCUT2D eigenvalue weighted by molar-refractivity contribution is 6.03. The number of carbonyl (C=O) groups excluding carboxylic acids is 2. The summed E-state index contributed by atoms with van der Waals surface area (Å²) in [6.45, 7) is 3.66. The van der Waals surface area contributed by atoms with Gasteiger partial charge in [-0.05, 0) is 61.2 Å². The number of pyridine rings is 1. The molecule has 1 atom stereocenters. The van der Waals surface area contributed by atoms with E-state index in [4.69, 9.17) is 9.47 Å². The van der Waals surface area contributed by atoms with Crippen LogP contribution in [0.5, 0.6) is 0 Å². The Hall–Kier alpha value is -6.20. The van der Waals surface area contributed by atoms with Crippen LogP contribution in [0.4, 0.5) is 0 Å². The summed E-state index contributed by atoms with van der Waals surface area (Å²) < 4.78 is 13.4. The fourth-order valence-electron chi connectivity index (χ4n) is 6.15. The third-order valence-corrected chi connectivity index (χ3v) is 8.40. The third-order valence-electron chi connectivity index (χ3n) is 8.40. The molecule has 6 rings (SSSR count). The molecule has 8 nitrogen and oxygen atoms in total.